The molecule has 1 atom stereocenters. The molecule has 100 valence electrons. The quantitative estimate of drug-likeness (QED) is 0.881. The van der Waals surface area contributed by atoms with Crippen LogP contribution in [0, 0.1) is 11.6 Å². The fourth-order valence-electron chi connectivity index (χ4n) is 2.14. The van der Waals surface area contributed by atoms with Gasteiger partial charge in [-0.3, -0.25) is 0 Å². The van der Waals surface area contributed by atoms with Gasteiger partial charge in [0.15, 0.2) is 0 Å². The van der Waals surface area contributed by atoms with Gasteiger partial charge >= 0.3 is 0 Å². The number of nitrogens with two attached hydrogens (primary N) is 1. The molecule has 0 aromatic heterocycles. The Labute approximate surface area is 112 Å². The van der Waals surface area contributed by atoms with E-state index in [2.05, 4.69) is 6.92 Å². The second kappa shape index (κ2) is 5.93. The van der Waals surface area contributed by atoms with Gasteiger partial charge in [0, 0.05) is 6.07 Å². The van der Waals surface area contributed by atoms with E-state index in [4.69, 9.17) is 5.73 Å². The molecular weight excluding hydrogens is 244 g/mol. The van der Waals surface area contributed by atoms with E-state index >= 15 is 0 Å². The zero-order valence-electron chi connectivity index (χ0n) is 10.9. The van der Waals surface area contributed by atoms with Gasteiger partial charge in [-0.15, -0.1) is 0 Å². The summed E-state index contributed by atoms with van der Waals surface area (Å²) in [5.74, 6) is -0.727. The number of rotatable bonds is 4. The highest BCUT2D eigenvalue weighted by Crippen LogP contribution is 2.25. The lowest BCUT2D eigenvalue weighted by Gasteiger charge is -2.11. The molecule has 3 heteroatoms. The van der Waals surface area contributed by atoms with Gasteiger partial charge in [0.25, 0.3) is 0 Å². The standard InChI is InChI=1S/C16H17F2N/c1-11(6-7-19)12-2-4-13(5-3-12)14-8-15(17)10-16(18)9-14/h2-5,8-11H,6-7,19H2,1H3. The molecule has 2 N–H and O–H groups in total. The molecular formula is C16H17F2N. The lowest BCUT2D eigenvalue weighted by Crippen LogP contribution is -2.04. The lowest BCUT2D eigenvalue weighted by molar-refractivity contribution is 0.584. The van der Waals surface area contributed by atoms with E-state index in [1.54, 1.807) is 0 Å². The van der Waals surface area contributed by atoms with Crippen LogP contribution in [-0.2, 0) is 0 Å². The minimum absolute atomic E-state index is 0.392. The minimum Gasteiger partial charge on any atom is -0.330 e. The fourth-order valence-corrected chi connectivity index (χ4v) is 2.14. The Morgan fingerprint density at radius 2 is 1.53 bits per heavy atom. The van der Waals surface area contributed by atoms with Gasteiger partial charge in [0.2, 0.25) is 0 Å². The van der Waals surface area contributed by atoms with Crippen LogP contribution >= 0.6 is 0 Å². The van der Waals surface area contributed by atoms with Crippen LogP contribution < -0.4 is 5.73 Å². The molecule has 0 aliphatic heterocycles. The summed E-state index contributed by atoms with van der Waals surface area (Å²) in [5, 5.41) is 0. The fraction of sp³-hybridized carbons (Fsp3) is 0.250. The first-order valence-corrected chi connectivity index (χ1v) is 6.36. The van der Waals surface area contributed by atoms with Crippen LogP contribution in [0.3, 0.4) is 0 Å². The second-order valence-corrected chi connectivity index (χ2v) is 4.76. The SMILES string of the molecule is CC(CCN)c1ccc(-c2cc(F)cc(F)c2)cc1. The topological polar surface area (TPSA) is 26.0 Å². The van der Waals surface area contributed by atoms with Crippen molar-refractivity contribution in [3.8, 4) is 11.1 Å². The van der Waals surface area contributed by atoms with Crippen molar-refractivity contribution >= 4 is 0 Å². The molecule has 2 aromatic carbocycles. The molecule has 2 rings (SSSR count). The first-order valence-electron chi connectivity index (χ1n) is 6.36. The molecule has 0 aliphatic carbocycles. The normalized spacial score (nSPS) is 12.4. The average molecular weight is 261 g/mol. The van der Waals surface area contributed by atoms with E-state index < -0.39 is 11.6 Å². The Bertz CT molecular complexity index is 529. The highest BCUT2D eigenvalue weighted by Gasteiger charge is 2.06. The van der Waals surface area contributed by atoms with E-state index in [1.807, 2.05) is 24.3 Å². The van der Waals surface area contributed by atoms with Crippen LogP contribution in [0.25, 0.3) is 11.1 Å². The summed E-state index contributed by atoms with van der Waals surface area (Å²) in [6.07, 6.45) is 0.925. The molecule has 0 bridgehead atoms. The predicted molar refractivity (Wildman–Crippen MR) is 73.9 cm³/mol. The molecule has 0 spiro atoms. The lowest BCUT2D eigenvalue weighted by atomic mass is 9.95. The van der Waals surface area contributed by atoms with Crippen LogP contribution in [0.15, 0.2) is 42.5 Å². The highest BCUT2D eigenvalue weighted by molar-refractivity contribution is 5.63. The third-order valence-corrected chi connectivity index (χ3v) is 3.28. The van der Waals surface area contributed by atoms with Gasteiger partial charge in [0.1, 0.15) is 11.6 Å². The Morgan fingerprint density at radius 3 is 2.05 bits per heavy atom. The zero-order chi connectivity index (χ0) is 13.8. The van der Waals surface area contributed by atoms with Crippen LogP contribution in [0.5, 0.6) is 0 Å². The van der Waals surface area contributed by atoms with E-state index in [0.717, 1.165) is 18.1 Å². The first kappa shape index (κ1) is 13.7. The Kier molecular flexibility index (Phi) is 4.27. The number of benzene rings is 2. The van der Waals surface area contributed by atoms with E-state index in [-0.39, 0.29) is 0 Å². The van der Waals surface area contributed by atoms with Crippen molar-refractivity contribution in [2.75, 3.05) is 6.54 Å². The Morgan fingerprint density at radius 1 is 0.947 bits per heavy atom. The summed E-state index contributed by atoms with van der Waals surface area (Å²) >= 11 is 0. The predicted octanol–water partition coefficient (Wildman–Crippen LogP) is 4.08. The van der Waals surface area contributed by atoms with Crippen molar-refractivity contribution in [3.05, 3.63) is 59.7 Å². The van der Waals surface area contributed by atoms with Crippen LogP contribution in [0.1, 0.15) is 24.8 Å². The molecule has 1 unspecified atom stereocenters. The smallest absolute Gasteiger partial charge is 0.126 e. The van der Waals surface area contributed by atoms with Gasteiger partial charge < -0.3 is 5.73 Å². The molecule has 0 heterocycles. The molecule has 2 aromatic rings. The third kappa shape index (κ3) is 3.38. The van der Waals surface area contributed by atoms with Crippen LogP contribution in [0.2, 0.25) is 0 Å². The maximum absolute atomic E-state index is 13.2. The minimum atomic E-state index is -0.560. The summed E-state index contributed by atoms with van der Waals surface area (Å²) in [5.41, 5.74) is 8.08. The van der Waals surface area contributed by atoms with Crippen molar-refractivity contribution in [3.63, 3.8) is 0 Å². The van der Waals surface area contributed by atoms with E-state index in [9.17, 15) is 8.78 Å². The number of hydrogen-bond donors (Lipinski definition) is 1. The van der Waals surface area contributed by atoms with Crippen molar-refractivity contribution in [2.45, 2.75) is 19.3 Å². The molecule has 19 heavy (non-hydrogen) atoms. The van der Waals surface area contributed by atoms with E-state index in [0.29, 0.717) is 18.0 Å². The summed E-state index contributed by atoms with van der Waals surface area (Å²) in [6, 6.07) is 11.3. The average Bonchev–Trinajstić information content (AvgIpc) is 2.38. The molecule has 0 amide bonds. The zero-order valence-corrected chi connectivity index (χ0v) is 10.9. The highest BCUT2D eigenvalue weighted by atomic mass is 19.1. The van der Waals surface area contributed by atoms with Gasteiger partial charge in [0.05, 0.1) is 0 Å². The number of halogens is 2. The summed E-state index contributed by atoms with van der Waals surface area (Å²) in [7, 11) is 0. The largest absolute Gasteiger partial charge is 0.330 e. The summed E-state index contributed by atoms with van der Waals surface area (Å²) < 4.78 is 26.3. The van der Waals surface area contributed by atoms with Crippen molar-refractivity contribution < 1.29 is 8.78 Å². The van der Waals surface area contributed by atoms with Crippen LogP contribution in [0.4, 0.5) is 8.78 Å². The second-order valence-electron chi connectivity index (χ2n) is 4.76. The van der Waals surface area contributed by atoms with Gasteiger partial charge in [-0.1, -0.05) is 31.2 Å². The Hall–Kier alpha value is -1.74. The monoisotopic (exact) mass is 261 g/mol. The van der Waals surface area contributed by atoms with E-state index in [1.165, 1.54) is 17.7 Å². The van der Waals surface area contributed by atoms with Gasteiger partial charge in [-0.2, -0.15) is 0 Å². The van der Waals surface area contributed by atoms with Crippen molar-refractivity contribution in [1.29, 1.82) is 0 Å². The van der Waals surface area contributed by atoms with Crippen molar-refractivity contribution in [2.24, 2.45) is 5.73 Å². The van der Waals surface area contributed by atoms with Gasteiger partial charge in [-0.05, 0) is 47.7 Å². The summed E-state index contributed by atoms with van der Waals surface area (Å²) in [6.45, 7) is 2.77. The van der Waals surface area contributed by atoms with Crippen LogP contribution in [-0.4, -0.2) is 6.54 Å². The molecule has 0 fully saturated rings. The third-order valence-electron chi connectivity index (χ3n) is 3.28. The van der Waals surface area contributed by atoms with Crippen molar-refractivity contribution in [1.82, 2.24) is 0 Å². The van der Waals surface area contributed by atoms with Gasteiger partial charge in [-0.25, -0.2) is 8.78 Å². The molecule has 0 saturated carbocycles. The molecule has 0 saturated heterocycles. The molecule has 0 aliphatic rings. The molecule has 0 radical (unpaired) electrons. The Balaban J connectivity index is 2.27. The first-order chi connectivity index (χ1) is 9.10. The molecule has 1 nitrogen and oxygen atoms in total. The summed E-state index contributed by atoms with van der Waals surface area (Å²) in [4.78, 5) is 0. The maximum atomic E-state index is 13.2. The maximum Gasteiger partial charge on any atom is 0.126 e. The number of hydrogen-bond acceptors (Lipinski definition) is 1.